The van der Waals surface area contributed by atoms with E-state index in [0.29, 0.717) is 0 Å². The summed E-state index contributed by atoms with van der Waals surface area (Å²) in [5, 5.41) is 3.80. The Kier molecular flexibility index (Phi) is 3.72. The molecule has 1 aromatic heterocycles. The number of rotatable bonds is 3. The van der Waals surface area contributed by atoms with Crippen LogP contribution in [0.15, 0.2) is 60.1 Å². The number of benzene rings is 2. The van der Waals surface area contributed by atoms with Crippen LogP contribution in [0.2, 0.25) is 5.02 Å². The van der Waals surface area contributed by atoms with Crippen molar-refractivity contribution in [3.8, 4) is 0 Å². The number of halogens is 1. The summed E-state index contributed by atoms with van der Waals surface area (Å²) in [6.45, 7) is 0. The molecule has 0 saturated carbocycles. The molecule has 20 heavy (non-hydrogen) atoms. The van der Waals surface area contributed by atoms with E-state index >= 15 is 0 Å². The maximum absolute atomic E-state index is 5.98. The third-order valence-electron chi connectivity index (χ3n) is 3.17. The van der Waals surface area contributed by atoms with Crippen molar-refractivity contribution in [1.82, 2.24) is 4.98 Å². The van der Waals surface area contributed by atoms with E-state index in [2.05, 4.69) is 17.1 Å². The zero-order valence-electron chi connectivity index (χ0n) is 10.7. The van der Waals surface area contributed by atoms with Gasteiger partial charge in [0.25, 0.3) is 0 Å². The minimum absolute atomic E-state index is 0.118. The summed E-state index contributed by atoms with van der Waals surface area (Å²) in [5.41, 5.74) is 8.89. The topological polar surface area (TPSA) is 38.9 Å². The minimum atomic E-state index is 0.118. The molecule has 3 rings (SSSR count). The van der Waals surface area contributed by atoms with Gasteiger partial charge in [0.1, 0.15) is 5.01 Å². The third kappa shape index (κ3) is 2.69. The number of hydrogen-bond donors (Lipinski definition) is 1. The summed E-state index contributed by atoms with van der Waals surface area (Å²) in [6, 6.07) is 15.9. The van der Waals surface area contributed by atoms with Gasteiger partial charge in [0.05, 0.1) is 5.92 Å². The summed E-state index contributed by atoms with van der Waals surface area (Å²) in [7, 11) is 0. The van der Waals surface area contributed by atoms with Crippen LogP contribution in [-0.4, -0.2) is 4.98 Å². The second-order valence-corrected chi connectivity index (χ2v) is 5.88. The molecule has 100 valence electrons. The van der Waals surface area contributed by atoms with Crippen molar-refractivity contribution in [2.75, 3.05) is 5.73 Å². The average molecular weight is 301 g/mol. The van der Waals surface area contributed by atoms with Crippen LogP contribution in [0, 0.1) is 0 Å². The van der Waals surface area contributed by atoms with E-state index in [0.717, 1.165) is 15.7 Å². The van der Waals surface area contributed by atoms with E-state index in [1.54, 1.807) is 11.3 Å². The first-order valence-corrected chi connectivity index (χ1v) is 7.50. The van der Waals surface area contributed by atoms with Gasteiger partial charge in [-0.05, 0) is 35.4 Å². The fourth-order valence-electron chi connectivity index (χ4n) is 2.20. The molecule has 1 atom stereocenters. The van der Waals surface area contributed by atoms with E-state index in [4.69, 9.17) is 17.3 Å². The lowest BCUT2D eigenvalue weighted by Gasteiger charge is -2.16. The highest BCUT2D eigenvalue weighted by atomic mass is 35.5. The van der Waals surface area contributed by atoms with Crippen molar-refractivity contribution in [2.24, 2.45) is 0 Å². The number of nitrogen functional groups attached to an aromatic ring is 1. The highest BCUT2D eigenvalue weighted by Crippen LogP contribution is 2.33. The Bertz CT molecular complexity index is 630. The van der Waals surface area contributed by atoms with Gasteiger partial charge < -0.3 is 5.73 Å². The van der Waals surface area contributed by atoms with Gasteiger partial charge in [0.2, 0.25) is 0 Å². The second kappa shape index (κ2) is 5.65. The number of nitrogens with two attached hydrogens (primary N) is 1. The van der Waals surface area contributed by atoms with Gasteiger partial charge in [-0.3, -0.25) is 0 Å². The number of anilines is 1. The predicted molar refractivity (Wildman–Crippen MR) is 85.4 cm³/mol. The molecule has 0 saturated heterocycles. The van der Waals surface area contributed by atoms with Gasteiger partial charge in [-0.25, -0.2) is 4.98 Å². The van der Waals surface area contributed by atoms with Crippen LogP contribution < -0.4 is 5.73 Å². The van der Waals surface area contributed by atoms with Crippen LogP contribution in [0.5, 0.6) is 0 Å². The first-order valence-electron chi connectivity index (χ1n) is 6.24. The molecular weight excluding hydrogens is 288 g/mol. The number of thiazole rings is 1. The number of aromatic nitrogens is 1. The van der Waals surface area contributed by atoms with Crippen molar-refractivity contribution in [3.63, 3.8) is 0 Å². The van der Waals surface area contributed by atoms with E-state index in [1.165, 1.54) is 11.1 Å². The fourth-order valence-corrected chi connectivity index (χ4v) is 3.12. The maximum Gasteiger partial charge on any atom is 0.104 e. The van der Waals surface area contributed by atoms with Crippen molar-refractivity contribution < 1.29 is 0 Å². The summed E-state index contributed by atoms with van der Waals surface area (Å²) in [4.78, 5) is 4.47. The van der Waals surface area contributed by atoms with Crippen LogP contribution >= 0.6 is 22.9 Å². The molecule has 1 unspecified atom stereocenters. The van der Waals surface area contributed by atoms with Gasteiger partial charge in [0, 0.05) is 22.3 Å². The molecule has 0 fully saturated rings. The van der Waals surface area contributed by atoms with Gasteiger partial charge in [-0.15, -0.1) is 11.3 Å². The van der Waals surface area contributed by atoms with Gasteiger partial charge >= 0.3 is 0 Å². The Morgan fingerprint density at radius 3 is 2.10 bits per heavy atom. The molecular formula is C16H13ClN2S. The normalized spacial score (nSPS) is 12.2. The summed E-state index contributed by atoms with van der Waals surface area (Å²) >= 11 is 7.63. The van der Waals surface area contributed by atoms with Crippen LogP contribution in [0.4, 0.5) is 5.69 Å². The maximum atomic E-state index is 5.98. The molecule has 0 radical (unpaired) electrons. The van der Waals surface area contributed by atoms with E-state index in [1.807, 2.05) is 48.0 Å². The quantitative estimate of drug-likeness (QED) is 0.720. The summed E-state index contributed by atoms with van der Waals surface area (Å²) in [5.74, 6) is 0.118. The molecule has 0 aliphatic heterocycles. The van der Waals surface area contributed by atoms with E-state index in [9.17, 15) is 0 Å². The largest absolute Gasteiger partial charge is 0.399 e. The number of nitrogens with zero attached hydrogens (tertiary/aromatic N) is 1. The highest BCUT2D eigenvalue weighted by Gasteiger charge is 2.18. The molecule has 3 aromatic rings. The van der Waals surface area contributed by atoms with E-state index < -0.39 is 0 Å². The van der Waals surface area contributed by atoms with E-state index in [-0.39, 0.29) is 5.92 Å². The summed E-state index contributed by atoms with van der Waals surface area (Å²) < 4.78 is 0. The van der Waals surface area contributed by atoms with Crippen molar-refractivity contribution in [1.29, 1.82) is 0 Å². The average Bonchev–Trinajstić information content (AvgIpc) is 2.97. The Morgan fingerprint density at radius 2 is 1.55 bits per heavy atom. The lowest BCUT2D eigenvalue weighted by atomic mass is 9.92. The van der Waals surface area contributed by atoms with Crippen LogP contribution in [0.25, 0.3) is 0 Å². The van der Waals surface area contributed by atoms with Crippen LogP contribution in [0.3, 0.4) is 0 Å². The zero-order valence-corrected chi connectivity index (χ0v) is 12.2. The van der Waals surface area contributed by atoms with Gasteiger partial charge in [-0.1, -0.05) is 35.9 Å². The fraction of sp³-hybridized carbons (Fsp3) is 0.0625. The van der Waals surface area contributed by atoms with Crippen molar-refractivity contribution in [3.05, 3.63) is 81.3 Å². The molecule has 1 heterocycles. The minimum Gasteiger partial charge on any atom is -0.399 e. The van der Waals surface area contributed by atoms with Crippen molar-refractivity contribution >= 4 is 28.6 Å². The first kappa shape index (κ1) is 13.2. The molecule has 4 heteroatoms. The second-order valence-electron chi connectivity index (χ2n) is 4.52. The smallest absolute Gasteiger partial charge is 0.104 e. The Balaban J connectivity index is 2.09. The molecule has 0 aliphatic rings. The molecule has 0 bridgehead atoms. The first-order chi connectivity index (χ1) is 9.74. The molecule has 0 aliphatic carbocycles. The Labute approximate surface area is 126 Å². The Hall–Kier alpha value is -1.84. The monoisotopic (exact) mass is 300 g/mol. The standard InChI is InChI=1S/C16H13ClN2S/c17-13-5-1-11(2-6-13)15(16-19-9-10-20-16)12-3-7-14(18)8-4-12/h1-10,15H,18H2. The zero-order chi connectivity index (χ0) is 13.9. The SMILES string of the molecule is Nc1ccc(C(c2ccc(Cl)cc2)c2nccs2)cc1. The van der Waals surface area contributed by atoms with Crippen molar-refractivity contribution in [2.45, 2.75) is 5.92 Å². The van der Waals surface area contributed by atoms with Gasteiger partial charge in [-0.2, -0.15) is 0 Å². The molecule has 2 aromatic carbocycles. The Morgan fingerprint density at radius 1 is 0.950 bits per heavy atom. The third-order valence-corrected chi connectivity index (χ3v) is 4.26. The van der Waals surface area contributed by atoms with Crippen LogP contribution in [-0.2, 0) is 0 Å². The lowest BCUT2D eigenvalue weighted by Crippen LogP contribution is -2.03. The highest BCUT2D eigenvalue weighted by molar-refractivity contribution is 7.09. The lowest BCUT2D eigenvalue weighted by molar-refractivity contribution is 0.956. The molecule has 2 N–H and O–H groups in total. The predicted octanol–water partition coefficient (Wildman–Crippen LogP) is 4.56. The van der Waals surface area contributed by atoms with Gasteiger partial charge in [0.15, 0.2) is 0 Å². The number of hydrogen-bond acceptors (Lipinski definition) is 3. The molecule has 0 amide bonds. The van der Waals surface area contributed by atoms with Crippen LogP contribution in [0.1, 0.15) is 22.1 Å². The molecule has 2 nitrogen and oxygen atoms in total. The summed E-state index contributed by atoms with van der Waals surface area (Å²) in [6.07, 6.45) is 1.83. The molecule has 0 spiro atoms.